The second kappa shape index (κ2) is 5.58. The summed E-state index contributed by atoms with van der Waals surface area (Å²) in [7, 11) is -3.65. The van der Waals surface area contributed by atoms with E-state index in [1.165, 1.54) is 19.4 Å². The largest absolute Gasteiger partial charge is 0.392 e. The van der Waals surface area contributed by atoms with Crippen molar-refractivity contribution in [3.63, 3.8) is 0 Å². The minimum Gasteiger partial charge on any atom is -0.392 e. The van der Waals surface area contributed by atoms with Crippen molar-refractivity contribution in [1.82, 2.24) is 14.3 Å². The second-order valence-electron chi connectivity index (χ2n) is 3.80. The Hall–Kier alpha value is -0.960. The van der Waals surface area contributed by atoms with Gasteiger partial charge in [0.1, 0.15) is 0 Å². The molecule has 0 aliphatic heterocycles. The number of nitrogens with two attached hydrogens (primary N) is 1. The maximum atomic E-state index is 11.8. The summed E-state index contributed by atoms with van der Waals surface area (Å²) in [6, 6.07) is -0.641. The molecule has 7 nitrogen and oxygen atoms in total. The summed E-state index contributed by atoms with van der Waals surface area (Å²) >= 11 is 0. The average molecular weight is 262 g/mol. The van der Waals surface area contributed by atoms with Crippen LogP contribution in [-0.4, -0.2) is 41.8 Å². The molecule has 0 bridgehead atoms. The van der Waals surface area contributed by atoms with E-state index in [4.69, 9.17) is 10.8 Å². The van der Waals surface area contributed by atoms with Crippen molar-refractivity contribution < 1.29 is 13.5 Å². The maximum Gasteiger partial charge on any atom is 0.259 e. The predicted molar refractivity (Wildman–Crippen MR) is 62.7 cm³/mol. The molecule has 1 aromatic heterocycles. The third kappa shape index (κ3) is 3.77. The highest BCUT2D eigenvalue weighted by molar-refractivity contribution is 7.89. The van der Waals surface area contributed by atoms with E-state index in [1.807, 2.05) is 6.92 Å². The topological polar surface area (TPSA) is 110 Å². The summed E-state index contributed by atoms with van der Waals surface area (Å²) in [4.78, 5) is 3.79. The molecule has 0 radical (unpaired) electrons. The number of hydrogen-bond acceptors (Lipinski definition) is 5. The first-order chi connectivity index (χ1) is 7.86. The second-order valence-corrected chi connectivity index (χ2v) is 5.51. The van der Waals surface area contributed by atoms with Crippen LogP contribution in [-0.2, 0) is 16.6 Å². The Morgan fingerprint density at radius 3 is 2.76 bits per heavy atom. The van der Waals surface area contributed by atoms with Gasteiger partial charge in [-0.1, -0.05) is 0 Å². The SMILES string of the molecule is CCn1cnc(S(=O)(=O)NCC(N)C(C)O)c1. The Labute approximate surface area is 101 Å². The molecule has 1 rings (SSSR count). The first-order valence-electron chi connectivity index (χ1n) is 5.32. The lowest BCUT2D eigenvalue weighted by Crippen LogP contribution is -2.43. The van der Waals surface area contributed by atoms with E-state index in [0.29, 0.717) is 6.54 Å². The fourth-order valence-electron chi connectivity index (χ4n) is 1.10. The minimum atomic E-state index is -3.65. The van der Waals surface area contributed by atoms with Crippen LogP contribution in [0.5, 0.6) is 0 Å². The molecule has 17 heavy (non-hydrogen) atoms. The highest BCUT2D eigenvalue weighted by Crippen LogP contribution is 2.04. The first-order valence-corrected chi connectivity index (χ1v) is 6.80. The molecule has 0 fully saturated rings. The predicted octanol–water partition coefficient (Wildman–Crippen LogP) is -1.11. The number of nitrogens with one attached hydrogen (secondary N) is 1. The number of aliphatic hydroxyl groups is 1. The summed E-state index contributed by atoms with van der Waals surface area (Å²) < 4.78 is 27.5. The number of hydrogen-bond donors (Lipinski definition) is 3. The Morgan fingerprint density at radius 1 is 1.65 bits per heavy atom. The Bertz CT molecular complexity index is 455. The van der Waals surface area contributed by atoms with Crippen molar-refractivity contribution in [3.8, 4) is 0 Å². The van der Waals surface area contributed by atoms with Crippen molar-refractivity contribution in [3.05, 3.63) is 12.5 Å². The minimum absolute atomic E-state index is 0.0288. The number of nitrogens with zero attached hydrogens (tertiary/aromatic N) is 2. The van der Waals surface area contributed by atoms with Gasteiger partial charge in [0.2, 0.25) is 0 Å². The van der Waals surface area contributed by atoms with Gasteiger partial charge >= 0.3 is 0 Å². The fraction of sp³-hybridized carbons (Fsp3) is 0.667. The van der Waals surface area contributed by atoms with Crippen LogP contribution in [0.1, 0.15) is 13.8 Å². The lowest BCUT2D eigenvalue weighted by atomic mass is 10.2. The van der Waals surface area contributed by atoms with Crippen LogP contribution in [0.15, 0.2) is 17.6 Å². The number of aliphatic hydroxyl groups excluding tert-OH is 1. The smallest absolute Gasteiger partial charge is 0.259 e. The highest BCUT2D eigenvalue weighted by Gasteiger charge is 2.19. The molecule has 0 saturated carbocycles. The van der Waals surface area contributed by atoms with Crippen LogP contribution >= 0.6 is 0 Å². The van der Waals surface area contributed by atoms with Gasteiger partial charge in [0, 0.05) is 25.3 Å². The highest BCUT2D eigenvalue weighted by atomic mass is 32.2. The van der Waals surface area contributed by atoms with Crippen LogP contribution < -0.4 is 10.5 Å². The van der Waals surface area contributed by atoms with E-state index in [9.17, 15) is 8.42 Å². The van der Waals surface area contributed by atoms with E-state index < -0.39 is 22.2 Å². The standard InChI is InChI=1S/C9H18N4O3S/c1-3-13-5-9(11-6-13)17(15,16)12-4-8(10)7(2)14/h5-8,12,14H,3-4,10H2,1-2H3. The van der Waals surface area contributed by atoms with Gasteiger partial charge in [0.25, 0.3) is 10.0 Å². The van der Waals surface area contributed by atoms with Crippen LogP contribution in [0.25, 0.3) is 0 Å². The lowest BCUT2D eigenvalue weighted by molar-refractivity contribution is 0.164. The van der Waals surface area contributed by atoms with Gasteiger partial charge in [0.15, 0.2) is 5.03 Å². The molecule has 2 atom stereocenters. The van der Waals surface area contributed by atoms with Crippen molar-refractivity contribution in [2.24, 2.45) is 5.73 Å². The molecular weight excluding hydrogens is 244 g/mol. The van der Waals surface area contributed by atoms with E-state index in [2.05, 4.69) is 9.71 Å². The van der Waals surface area contributed by atoms with Gasteiger partial charge in [-0.2, -0.15) is 0 Å². The average Bonchev–Trinajstić information content (AvgIpc) is 2.75. The Balaban J connectivity index is 2.69. The quantitative estimate of drug-likeness (QED) is 0.602. The molecule has 0 aliphatic rings. The first kappa shape index (κ1) is 14.1. The van der Waals surface area contributed by atoms with E-state index in [-0.39, 0.29) is 11.6 Å². The van der Waals surface area contributed by atoms with Gasteiger partial charge in [-0.3, -0.25) is 0 Å². The lowest BCUT2D eigenvalue weighted by Gasteiger charge is -2.14. The maximum absolute atomic E-state index is 11.8. The zero-order valence-corrected chi connectivity index (χ0v) is 10.7. The van der Waals surface area contributed by atoms with Gasteiger partial charge in [-0.05, 0) is 13.8 Å². The van der Waals surface area contributed by atoms with Crippen LogP contribution in [0.4, 0.5) is 0 Å². The molecule has 0 aliphatic carbocycles. The normalized spacial score (nSPS) is 15.8. The molecule has 2 unspecified atom stereocenters. The molecule has 8 heteroatoms. The Kier molecular flexibility index (Phi) is 4.63. The molecule has 0 spiro atoms. The molecule has 0 aromatic carbocycles. The zero-order chi connectivity index (χ0) is 13.1. The molecule has 0 saturated heterocycles. The van der Waals surface area contributed by atoms with E-state index in [0.717, 1.165) is 0 Å². The number of aryl methyl sites for hydroxylation is 1. The van der Waals surface area contributed by atoms with Gasteiger partial charge in [-0.25, -0.2) is 18.1 Å². The summed E-state index contributed by atoms with van der Waals surface area (Å²) in [5.74, 6) is 0. The molecule has 0 amide bonds. The summed E-state index contributed by atoms with van der Waals surface area (Å²) in [6.45, 7) is 4.01. The molecule has 98 valence electrons. The van der Waals surface area contributed by atoms with Crippen molar-refractivity contribution >= 4 is 10.0 Å². The van der Waals surface area contributed by atoms with E-state index in [1.54, 1.807) is 4.57 Å². The van der Waals surface area contributed by atoms with Crippen LogP contribution in [0.3, 0.4) is 0 Å². The monoisotopic (exact) mass is 262 g/mol. The molecular formula is C9H18N4O3S. The van der Waals surface area contributed by atoms with Gasteiger partial charge in [-0.15, -0.1) is 0 Å². The van der Waals surface area contributed by atoms with Crippen molar-refractivity contribution in [2.75, 3.05) is 6.54 Å². The number of aromatic nitrogens is 2. The Morgan fingerprint density at radius 2 is 2.29 bits per heavy atom. The van der Waals surface area contributed by atoms with Gasteiger partial charge < -0.3 is 15.4 Å². The van der Waals surface area contributed by atoms with Crippen LogP contribution in [0.2, 0.25) is 0 Å². The summed E-state index contributed by atoms with van der Waals surface area (Å²) in [5.41, 5.74) is 5.53. The van der Waals surface area contributed by atoms with Crippen molar-refractivity contribution in [2.45, 2.75) is 37.6 Å². The molecule has 1 heterocycles. The number of imidazole rings is 1. The van der Waals surface area contributed by atoms with Crippen molar-refractivity contribution in [1.29, 1.82) is 0 Å². The number of sulfonamides is 1. The number of rotatable bonds is 6. The van der Waals surface area contributed by atoms with E-state index >= 15 is 0 Å². The zero-order valence-electron chi connectivity index (χ0n) is 9.87. The third-order valence-electron chi connectivity index (χ3n) is 2.38. The summed E-state index contributed by atoms with van der Waals surface area (Å²) in [6.07, 6.45) is 2.12. The molecule has 1 aromatic rings. The fourth-order valence-corrected chi connectivity index (χ4v) is 2.12. The van der Waals surface area contributed by atoms with Gasteiger partial charge in [0.05, 0.1) is 12.4 Å². The van der Waals surface area contributed by atoms with Crippen LogP contribution in [0, 0.1) is 0 Å². The molecule has 4 N–H and O–H groups in total. The third-order valence-corrected chi connectivity index (χ3v) is 3.69. The summed E-state index contributed by atoms with van der Waals surface area (Å²) in [5, 5.41) is 9.11.